The van der Waals surface area contributed by atoms with Gasteiger partial charge in [-0.25, -0.2) is 8.42 Å². The van der Waals surface area contributed by atoms with Crippen molar-refractivity contribution in [2.75, 3.05) is 123 Å². The van der Waals surface area contributed by atoms with E-state index in [1.165, 1.54) is 116 Å². The molecule has 1 atom stereocenters. The van der Waals surface area contributed by atoms with Crippen LogP contribution in [0.3, 0.4) is 0 Å². The topological polar surface area (TPSA) is 351 Å². The van der Waals surface area contributed by atoms with Crippen molar-refractivity contribution in [3.63, 3.8) is 0 Å². The van der Waals surface area contributed by atoms with Crippen LogP contribution >= 0.6 is 0 Å². The monoisotopic (exact) mass is 1220 g/mol. The van der Waals surface area contributed by atoms with E-state index in [-0.39, 0.29) is 44.9 Å². The number of nitrogens with zero attached hydrogens (tertiary/aromatic N) is 1. The highest BCUT2D eigenvalue weighted by Gasteiger charge is 2.48. The lowest BCUT2D eigenvalue weighted by Gasteiger charge is -2.41. The summed E-state index contributed by atoms with van der Waals surface area (Å²) in [5.41, 5.74) is -5.00. The zero-order chi connectivity index (χ0) is 59.5. The molecule has 0 amide bonds. The number of nitrogens with one attached hydrogen (secondary N) is 3. The van der Waals surface area contributed by atoms with Crippen molar-refractivity contribution in [3.05, 3.63) is 0 Å². The van der Waals surface area contributed by atoms with Gasteiger partial charge in [-0.15, -0.1) is 0 Å². The van der Waals surface area contributed by atoms with Crippen LogP contribution in [0.4, 0.5) is 0 Å². The highest BCUT2D eigenvalue weighted by molar-refractivity contribution is 7.86. The van der Waals surface area contributed by atoms with Gasteiger partial charge in [0.2, 0.25) is 0 Å². The van der Waals surface area contributed by atoms with Crippen LogP contribution in [0.5, 0.6) is 0 Å². The summed E-state index contributed by atoms with van der Waals surface area (Å²) >= 11 is 0. The molecule has 0 aromatic heterocycles. The van der Waals surface area contributed by atoms with Crippen molar-refractivity contribution in [1.29, 1.82) is 0 Å². The quantitative estimate of drug-likeness (QED) is 0.0171. The van der Waals surface area contributed by atoms with Gasteiger partial charge < -0.3 is 68.9 Å². The summed E-state index contributed by atoms with van der Waals surface area (Å²) in [4.78, 5) is 0. The van der Waals surface area contributed by atoms with Crippen molar-refractivity contribution >= 4 is 39.2 Å². The molecule has 0 aliphatic heterocycles. The second-order valence-corrected chi connectivity index (χ2v) is 30.1. The molecule has 79 heavy (non-hydrogen) atoms. The Hall–Kier alpha value is -0.573. The van der Waals surface area contributed by atoms with Gasteiger partial charge in [0.15, 0.2) is 0 Å². The summed E-state index contributed by atoms with van der Waals surface area (Å²) in [6.07, 6.45) is 29.4. The fraction of sp³-hybridized carbons (Fsp3) is 1.00. The lowest BCUT2D eigenvalue weighted by atomic mass is 10.0. The van der Waals surface area contributed by atoms with E-state index in [0.717, 1.165) is 51.6 Å². The molecule has 0 bridgehead atoms. The third kappa shape index (κ3) is 41.2. The average Bonchev–Trinajstić information content (AvgIpc) is 3.41. The largest absolute Gasteiger partial charge is 0.748 e. The minimum absolute atomic E-state index is 0.0317. The molecule has 0 aliphatic rings. The van der Waals surface area contributed by atoms with Crippen molar-refractivity contribution in [2.45, 2.75) is 216 Å². The van der Waals surface area contributed by atoms with Gasteiger partial charge in [0.25, 0.3) is 20.2 Å². The maximum absolute atomic E-state index is 11.5. The van der Waals surface area contributed by atoms with Gasteiger partial charge >= 0.3 is 8.80 Å². The molecule has 476 valence electrons. The molecular formula is C53H114N4O18S3Si. The Morgan fingerprint density at radius 2 is 0.658 bits per heavy atom. The van der Waals surface area contributed by atoms with Crippen LogP contribution < -0.4 is 16.0 Å². The summed E-state index contributed by atoms with van der Waals surface area (Å²) in [6.45, 7) is 0.359. The first-order valence-corrected chi connectivity index (χ1v) is 36.7. The zero-order valence-electron chi connectivity index (χ0n) is 49.1. The molecule has 0 aromatic rings. The molecule has 22 nitrogen and oxygen atoms in total. The molecular weight excluding hydrogens is 1100 g/mol. The Kier molecular flexibility index (Phi) is 44.5. The van der Waals surface area contributed by atoms with Crippen LogP contribution in [0.2, 0.25) is 6.04 Å². The molecule has 0 spiro atoms. The van der Waals surface area contributed by atoms with Crippen LogP contribution in [-0.2, 0) is 43.6 Å². The molecule has 26 heteroatoms. The fourth-order valence-corrected chi connectivity index (χ4v) is 13.8. The second kappa shape index (κ2) is 44.8. The fourth-order valence-electron chi connectivity index (χ4n) is 9.50. The van der Waals surface area contributed by atoms with Crippen LogP contribution in [0.15, 0.2) is 0 Å². The predicted octanol–water partition coefficient (Wildman–Crippen LogP) is 4.64. The highest BCUT2D eigenvalue weighted by Crippen LogP contribution is 2.27. The van der Waals surface area contributed by atoms with Crippen LogP contribution in [0.1, 0.15) is 194 Å². The summed E-state index contributed by atoms with van der Waals surface area (Å²) in [7, 11) is -15.5. The van der Waals surface area contributed by atoms with Crippen molar-refractivity contribution < 1.29 is 87.3 Å². The SMILES string of the molecule is CCCCCCCCCCCCCCCCCC[N+](C)(CCCCCCCCCC)CCC[Si](OCC(CO)(CO)NCCCS(=O)(=O)[O-])(OCC(CO)(CO)NCCCS(=O)(=O)O)OCC(CO)(CO)NCCCS(=O)(=O)O. The standard InChI is InChI=1S/C53H114N4O18S3Si/c1-4-6-8-10-12-14-15-16-17-18-19-20-21-23-25-27-36-57(3,35-26-24-22-13-11-9-7-5-2)37-31-41-79(73-48-51(42-58,43-59)54-32-28-38-76(64,65)66,74-49-52(44-60,45-61)55-33-29-39-77(67,68)69)75-50-53(46-62,47-63)56-34-30-40-78(70,71)72/h54-56,58-63H,4-50H2,1-3H3,(H2-,64,65,66,67,68,69,70,71,72). The van der Waals surface area contributed by atoms with Crippen molar-refractivity contribution in [1.82, 2.24) is 16.0 Å². The second-order valence-electron chi connectivity index (χ2n) is 22.7. The maximum atomic E-state index is 11.5. The number of aliphatic hydroxyl groups is 6. The normalized spacial score (nSPS) is 14.1. The number of hydrogen-bond donors (Lipinski definition) is 11. The molecule has 11 N–H and O–H groups in total. The Bertz CT molecular complexity index is 1660. The van der Waals surface area contributed by atoms with Gasteiger partial charge in [-0.3, -0.25) is 9.11 Å². The third-order valence-corrected chi connectivity index (χ3v) is 20.2. The van der Waals surface area contributed by atoms with E-state index in [4.69, 9.17) is 13.3 Å². The van der Waals surface area contributed by atoms with Crippen LogP contribution in [-0.4, -0.2) is 222 Å². The third-order valence-electron chi connectivity index (χ3n) is 15.0. The van der Waals surface area contributed by atoms with Gasteiger partial charge in [0.05, 0.1) is 124 Å². The first-order valence-electron chi connectivity index (χ1n) is 29.9. The number of aliphatic hydroxyl groups excluding tert-OH is 6. The van der Waals surface area contributed by atoms with E-state index in [9.17, 15) is 69.6 Å². The number of hydrogen-bond acceptors (Lipinski definition) is 19. The Morgan fingerprint density at radius 3 is 0.911 bits per heavy atom. The van der Waals surface area contributed by atoms with Gasteiger partial charge in [0.1, 0.15) is 0 Å². The van der Waals surface area contributed by atoms with E-state index < -0.39 is 132 Å². The number of rotatable bonds is 60. The summed E-state index contributed by atoms with van der Waals surface area (Å²) < 4.78 is 120. The van der Waals surface area contributed by atoms with E-state index in [1.54, 1.807) is 0 Å². The maximum Gasteiger partial charge on any atom is 0.501 e. The van der Waals surface area contributed by atoms with Crippen LogP contribution in [0, 0.1) is 0 Å². The lowest BCUT2D eigenvalue weighted by Crippen LogP contribution is -2.64. The van der Waals surface area contributed by atoms with Gasteiger partial charge in [-0.1, -0.05) is 142 Å². The Labute approximate surface area is 479 Å². The number of unbranched alkanes of at least 4 members (excludes halogenated alkanes) is 22. The summed E-state index contributed by atoms with van der Waals surface area (Å²) in [5, 5.41) is 73.2. The highest BCUT2D eigenvalue weighted by atomic mass is 32.2. The molecule has 0 saturated heterocycles. The molecule has 1 unspecified atom stereocenters. The average molecular weight is 1220 g/mol. The first-order chi connectivity index (χ1) is 37.4. The van der Waals surface area contributed by atoms with E-state index in [2.05, 4.69) is 36.8 Å². The zero-order valence-corrected chi connectivity index (χ0v) is 52.5. The molecule has 0 aromatic carbocycles. The van der Waals surface area contributed by atoms with Crippen molar-refractivity contribution in [2.24, 2.45) is 0 Å². The summed E-state index contributed by atoms with van der Waals surface area (Å²) in [5.74, 6) is -1.96. The van der Waals surface area contributed by atoms with E-state index >= 15 is 0 Å². The molecule has 0 aliphatic carbocycles. The van der Waals surface area contributed by atoms with Crippen LogP contribution in [0.25, 0.3) is 0 Å². The van der Waals surface area contributed by atoms with E-state index in [1.807, 2.05) is 0 Å². The van der Waals surface area contributed by atoms with Crippen molar-refractivity contribution in [3.8, 4) is 0 Å². The molecule has 0 radical (unpaired) electrons. The van der Waals surface area contributed by atoms with Gasteiger partial charge in [-0.05, 0) is 64.6 Å². The minimum Gasteiger partial charge on any atom is -0.748 e. The van der Waals surface area contributed by atoms with E-state index in [0.29, 0.717) is 17.4 Å². The van der Waals surface area contributed by atoms with Gasteiger partial charge in [-0.2, -0.15) is 16.8 Å². The Balaban J connectivity index is 6.91. The molecule has 0 fully saturated rings. The van der Waals surface area contributed by atoms with Gasteiger partial charge in [0, 0.05) is 18.2 Å². The smallest absolute Gasteiger partial charge is 0.501 e. The molecule has 0 heterocycles. The molecule has 0 rings (SSSR count). The number of quaternary nitrogens is 1. The first kappa shape index (κ1) is 78.4. The minimum atomic E-state index is -4.59. The molecule has 0 saturated carbocycles. The Morgan fingerprint density at radius 1 is 0.405 bits per heavy atom. The predicted molar refractivity (Wildman–Crippen MR) is 312 cm³/mol. The lowest BCUT2D eigenvalue weighted by molar-refractivity contribution is -0.910. The summed E-state index contributed by atoms with van der Waals surface area (Å²) in [6, 6.07) is 0.0317.